The largest absolute Gasteiger partial charge is 0.497 e. The molecule has 2 aromatic heterocycles. The Morgan fingerprint density at radius 1 is 1.25 bits per heavy atom. The summed E-state index contributed by atoms with van der Waals surface area (Å²) in [7, 11) is 1.62. The summed E-state index contributed by atoms with van der Waals surface area (Å²) in [5, 5.41) is 4.27. The number of halogens is 1. The van der Waals surface area contributed by atoms with Gasteiger partial charge in [0.25, 0.3) is 0 Å². The molecule has 0 atom stereocenters. The number of ether oxygens (including phenoxy) is 1. The maximum Gasteiger partial charge on any atom is 0.166 e. The fourth-order valence-electron chi connectivity index (χ4n) is 2.29. The minimum Gasteiger partial charge on any atom is -0.497 e. The molecule has 0 amide bonds. The van der Waals surface area contributed by atoms with E-state index in [4.69, 9.17) is 20.9 Å². The van der Waals surface area contributed by atoms with Gasteiger partial charge in [0.2, 0.25) is 0 Å². The van der Waals surface area contributed by atoms with Crippen LogP contribution in [-0.2, 0) is 6.42 Å². The SMILES string of the molecule is COc1ccc(-c2cc(CCC(=O)c3cccnc3Cl)on2)cc1. The quantitative estimate of drug-likeness (QED) is 0.496. The molecule has 6 heteroatoms. The number of hydrogen-bond donors (Lipinski definition) is 0. The third-order valence-corrected chi connectivity index (χ3v) is 3.90. The summed E-state index contributed by atoms with van der Waals surface area (Å²) in [6.45, 7) is 0. The number of benzene rings is 1. The molecule has 2 heterocycles. The van der Waals surface area contributed by atoms with Crippen molar-refractivity contribution in [1.29, 1.82) is 0 Å². The molecule has 5 nitrogen and oxygen atoms in total. The van der Waals surface area contributed by atoms with Crippen LogP contribution >= 0.6 is 11.6 Å². The van der Waals surface area contributed by atoms with Crippen LogP contribution in [0.5, 0.6) is 5.75 Å². The fourth-order valence-corrected chi connectivity index (χ4v) is 2.52. The van der Waals surface area contributed by atoms with Crippen molar-refractivity contribution in [2.45, 2.75) is 12.8 Å². The number of methoxy groups -OCH3 is 1. The molecule has 24 heavy (non-hydrogen) atoms. The molecule has 0 radical (unpaired) electrons. The Labute approximate surface area is 144 Å². The Morgan fingerprint density at radius 3 is 2.75 bits per heavy atom. The van der Waals surface area contributed by atoms with Crippen LogP contribution in [0.25, 0.3) is 11.3 Å². The lowest BCUT2D eigenvalue weighted by Gasteiger charge is -2.00. The van der Waals surface area contributed by atoms with Gasteiger partial charge in [-0.2, -0.15) is 0 Å². The highest BCUT2D eigenvalue weighted by Gasteiger charge is 2.13. The van der Waals surface area contributed by atoms with E-state index in [0.717, 1.165) is 17.0 Å². The van der Waals surface area contributed by atoms with Crippen molar-refractivity contribution in [3.8, 4) is 17.0 Å². The van der Waals surface area contributed by atoms with E-state index >= 15 is 0 Å². The minimum absolute atomic E-state index is 0.0736. The lowest BCUT2D eigenvalue weighted by molar-refractivity contribution is 0.0980. The van der Waals surface area contributed by atoms with E-state index in [1.165, 1.54) is 0 Å². The summed E-state index contributed by atoms with van der Waals surface area (Å²) in [4.78, 5) is 16.1. The third kappa shape index (κ3) is 3.63. The van der Waals surface area contributed by atoms with Gasteiger partial charge in [-0.1, -0.05) is 16.8 Å². The van der Waals surface area contributed by atoms with Gasteiger partial charge in [-0.3, -0.25) is 4.79 Å². The van der Waals surface area contributed by atoms with Gasteiger partial charge >= 0.3 is 0 Å². The number of carbonyl (C=O) groups is 1. The molecule has 0 unspecified atom stereocenters. The summed E-state index contributed by atoms with van der Waals surface area (Å²) in [6.07, 6.45) is 2.28. The number of nitrogens with zero attached hydrogens (tertiary/aromatic N) is 2. The van der Waals surface area contributed by atoms with Crippen molar-refractivity contribution in [2.24, 2.45) is 0 Å². The number of aryl methyl sites for hydroxylation is 1. The lowest BCUT2D eigenvalue weighted by atomic mass is 10.1. The second-order valence-corrected chi connectivity index (χ2v) is 5.53. The van der Waals surface area contributed by atoms with Crippen LogP contribution in [0.4, 0.5) is 0 Å². The molecule has 0 saturated heterocycles. The molecule has 0 N–H and O–H groups in total. The highest BCUT2D eigenvalue weighted by molar-refractivity contribution is 6.32. The first kappa shape index (κ1) is 16.2. The van der Waals surface area contributed by atoms with Crippen LogP contribution in [0.3, 0.4) is 0 Å². The molecule has 0 fully saturated rings. The summed E-state index contributed by atoms with van der Waals surface area (Å²) in [5.41, 5.74) is 2.07. The summed E-state index contributed by atoms with van der Waals surface area (Å²) in [5.74, 6) is 1.35. The highest BCUT2D eigenvalue weighted by atomic mass is 35.5. The molecule has 0 aliphatic rings. The monoisotopic (exact) mass is 342 g/mol. The van der Waals surface area contributed by atoms with Crippen molar-refractivity contribution in [1.82, 2.24) is 10.1 Å². The molecule has 0 spiro atoms. The number of rotatable bonds is 6. The second-order valence-electron chi connectivity index (χ2n) is 5.17. The molecular formula is C18H15ClN2O3. The van der Waals surface area contributed by atoms with E-state index in [9.17, 15) is 4.79 Å². The van der Waals surface area contributed by atoms with Crippen molar-refractivity contribution in [3.05, 3.63) is 65.1 Å². The zero-order chi connectivity index (χ0) is 16.9. The maximum absolute atomic E-state index is 12.2. The molecule has 0 aliphatic heterocycles. The van der Waals surface area contributed by atoms with Crippen LogP contribution in [0, 0.1) is 0 Å². The lowest BCUT2D eigenvalue weighted by Crippen LogP contribution is -2.02. The first-order chi connectivity index (χ1) is 11.7. The Morgan fingerprint density at radius 2 is 2.04 bits per heavy atom. The van der Waals surface area contributed by atoms with Crippen LogP contribution in [0.15, 0.2) is 53.2 Å². The van der Waals surface area contributed by atoms with Gasteiger partial charge in [0.1, 0.15) is 22.4 Å². The zero-order valence-electron chi connectivity index (χ0n) is 13.0. The van der Waals surface area contributed by atoms with Gasteiger partial charge in [0.05, 0.1) is 12.7 Å². The van der Waals surface area contributed by atoms with Gasteiger partial charge in [0, 0.05) is 30.7 Å². The van der Waals surface area contributed by atoms with E-state index in [-0.39, 0.29) is 17.4 Å². The van der Waals surface area contributed by atoms with Crippen LogP contribution < -0.4 is 4.74 Å². The first-order valence-electron chi connectivity index (χ1n) is 7.41. The first-order valence-corrected chi connectivity index (χ1v) is 7.79. The predicted octanol–water partition coefficient (Wildman–Crippen LogP) is 4.21. The van der Waals surface area contributed by atoms with Gasteiger partial charge in [0.15, 0.2) is 5.78 Å². The van der Waals surface area contributed by atoms with Gasteiger partial charge in [-0.15, -0.1) is 0 Å². The summed E-state index contributed by atoms with van der Waals surface area (Å²) >= 11 is 5.93. The molecule has 122 valence electrons. The van der Waals surface area contributed by atoms with Crippen LogP contribution in [0.1, 0.15) is 22.5 Å². The molecule has 0 saturated carbocycles. The van der Waals surface area contributed by atoms with E-state index in [1.807, 2.05) is 30.3 Å². The van der Waals surface area contributed by atoms with E-state index in [0.29, 0.717) is 17.7 Å². The zero-order valence-corrected chi connectivity index (χ0v) is 13.8. The number of hydrogen-bond acceptors (Lipinski definition) is 5. The standard InChI is InChI=1S/C18H15ClN2O3/c1-23-13-6-4-12(5-7-13)16-11-14(24-21-16)8-9-17(22)15-3-2-10-20-18(15)19/h2-7,10-11H,8-9H2,1H3. The third-order valence-electron chi connectivity index (χ3n) is 3.60. The number of aromatic nitrogens is 2. The van der Waals surface area contributed by atoms with Crippen LogP contribution in [-0.4, -0.2) is 23.0 Å². The Bertz CT molecular complexity index is 843. The summed E-state index contributed by atoms with van der Waals surface area (Å²) < 4.78 is 10.4. The minimum atomic E-state index is -0.0736. The Hall–Kier alpha value is -2.66. The number of ketones is 1. The smallest absolute Gasteiger partial charge is 0.166 e. The average molecular weight is 343 g/mol. The molecule has 0 aliphatic carbocycles. The topological polar surface area (TPSA) is 65.2 Å². The number of Topliss-reactive ketones (excluding diaryl/α,β-unsaturated/α-hetero) is 1. The van der Waals surface area contributed by atoms with Crippen molar-refractivity contribution in [2.75, 3.05) is 7.11 Å². The molecule has 3 rings (SSSR count). The number of pyridine rings is 1. The van der Waals surface area contributed by atoms with Gasteiger partial charge in [-0.25, -0.2) is 4.98 Å². The fraction of sp³-hybridized carbons (Fsp3) is 0.167. The molecule has 0 bridgehead atoms. The van der Waals surface area contributed by atoms with E-state index < -0.39 is 0 Å². The molecule has 3 aromatic rings. The Balaban J connectivity index is 1.66. The highest BCUT2D eigenvalue weighted by Crippen LogP contribution is 2.23. The van der Waals surface area contributed by atoms with Crippen molar-refractivity contribution in [3.63, 3.8) is 0 Å². The van der Waals surface area contributed by atoms with Crippen molar-refractivity contribution >= 4 is 17.4 Å². The normalized spacial score (nSPS) is 10.6. The van der Waals surface area contributed by atoms with Crippen molar-refractivity contribution < 1.29 is 14.1 Å². The Kier molecular flexibility index (Phi) is 4.91. The van der Waals surface area contributed by atoms with E-state index in [2.05, 4.69) is 10.1 Å². The predicted molar refractivity (Wildman–Crippen MR) is 90.4 cm³/mol. The molecule has 1 aromatic carbocycles. The summed E-state index contributed by atoms with van der Waals surface area (Å²) in [6, 6.07) is 12.7. The molecular weight excluding hydrogens is 328 g/mol. The van der Waals surface area contributed by atoms with Gasteiger partial charge < -0.3 is 9.26 Å². The van der Waals surface area contributed by atoms with Gasteiger partial charge in [-0.05, 0) is 36.4 Å². The maximum atomic E-state index is 12.2. The van der Waals surface area contributed by atoms with Crippen LogP contribution in [0.2, 0.25) is 5.15 Å². The van der Waals surface area contributed by atoms with E-state index in [1.54, 1.807) is 25.4 Å². The number of carbonyl (C=O) groups excluding carboxylic acids is 1. The average Bonchev–Trinajstić information content (AvgIpc) is 3.09. The second kappa shape index (κ2) is 7.27.